The third kappa shape index (κ3) is 4.24. The van der Waals surface area contributed by atoms with Crippen LogP contribution < -0.4 is 30.5 Å². The standard InChI is InChI=1S/C26H26ClN3O4/c1-32-18-7-9-20(10-8-18)34-26(31)30-13-12-21-22-14-17(27)4-11-23(22)29-24(21)25(30)16-2-5-19(6-3-16)33-15-28/h2-3,5-11,14,17,25,29H,4,12-13,15,28H2,1H3. The molecule has 1 amide bonds. The van der Waals surface area contributed by atoms with E-state index in [-0.39, 0.29) is 18.1 Å². The second-order valence-corrected chi connectivity index (χ2v) is 8.80. The van der Waals surface area contributed by atoms with Gasteiger partial charge in [0.25, 0.3) is 0 Å². The number of fused-ring (bicyclic) bond motifs is 3. The first-order valence-corrected chi connectivity index (χ1v) is 11.6. The summed E-state index contributed by atoms with van der Waals surface area (Å²) in [6.45, 7) is 0.612. The Balaban J connectivity index is 1.53. The highest BCUT2D eigenvalue weighted by molar-refractivity contribution is 6.24. The molecule has 2 aromatic carbocycles. The number of aromatic amines is 1. The zero-order chi connectivity index (χ0) is 23.7. The van der Waals surface area contributed by atoms with Crippen molar-refractivity contribution in [3.8, 4) is 17.2 Å². The molecule has 1 aliphatic carbocycles. The molecule has 0 saturated heterocycles. The van der Waals surface area contributed by atoms with Gasteiger partial charge in [0, 0.05) is 22.8 Å². The number of hydrogen-bond acceptors (Lipinski definition) is 5. The lowest BCUT2D eigenvalue weighted by atomic mass is 9.92. The Labute approximate surface area is 202 Å². The zero-order valence-electron chi connectivity index (χ0n) is 18.8. The molecule has 2 aliphatic rings. The minimum absolute atomic E-state index is 0.0309. The van der Waals surface area contributed by atoms with Crippen LogP contribution in [0.4, 0.5) is 4.79 Å². The van der Waals surface area contributed by atoms with Crippen molar-refractivity contribution in [1.29, 1.82) is 0 Å². The Morgan fingerprint density at radius 2 is 1.82 bits per heavy atom. The maximum Gasteiger partial charge on any atom is 0.416 e. The average molecular weight is 480 g/mol. The molecule has 7 nitrogen and oxygen atoms in total. The van der Waals surface area contributed by atoms with Crippen LogP contribution in [-0.4, -0.2) is 41.7 Å². The van der Waals surface area contributed by atoms with Crippen molar-refractivity contribution < 1.29 is 19.0 Å². The summed E-state index contributed by atoms with van der Waals surface area (Å²) in [4.78, 5) is 18.7. The molecule has 0 spiro atoms. The molecule has 3 aromatic rings. The number of H-pyrrole nitrogens is 1. The molecule has 5 rings (SSSR count). The Hall–Kier alpha value is -3.42. The van der Waals surface area contributed by atoms with E-state index in [1.807, 2.05) is 24.3 Å². The van der Waals surface area contributed by atoms with Gasteiger partial charge in [-0.15, -0.1) is 11.6 Å². The van der Waals surface area contributed by atoms with Gasteiger partial charge in [-0.1, -0.05) is 24.3 Å². The largest absolute Gasteiger partial charge is 0.497 e. The zero-order valence-corrected chi connectivity index (χ0v) is 19.5. The van der Waals surface area contributed by atoms with Crippen LogP contribution in [0.15, 0.2) is 48.5 Å². The van der Waals surface area contributed by atoms with Gasteiger partial charge in [-0.05, 0) is 60.4 Å². The van der Waals surface area contributed by atoms with Crippen LogP contribution in [0, 0.1) is 0 Å². The fourth-order valence-corrected chi connectivity index (χ4v) is 4.85. The monoisotopic (exact) mass is 479 g/mol. The molecule has 8 heteroatoms. The number of aromatic nitrogens is 1. The van der Waals surface area contributed by atoms with Gasteiger partial charge in [-0.3, -0.25) is 10.6 Å². The van der Waals surface area contributed by atoms with Gasteiger partial charge in [0.1, 0.15) is 30.0 Å². The van der Waals surface area contributed by atoms with Crippen molar-refractivity contribution in [2.45, 2.75) is 24.3 Å². The number of benzene rings is 2. The average Bonchev–Trinajstić information content (AvgIpc) is 3.22. The summed E-state index contributed by atoms with van der Waals surface area (Å²) in [6, 6.07) is 14.2. The lowest BCUT2D eigenvalue weighted by Crippen LogP contribution is -2.43. The normalized spacial score (nSPS) is 18.7. The van der Waals surface area contributed by atoms with Gasteiger partial charge in [0.2, 0.25) is 0 Å². The van der Waals surface area contributed by atoms with Gasteiger partial charge >= 0.3 is 6.09 Å². The minimum Gasteiger partial charge on any atom is -0.497 e. The Morgan fingerprint density at radius 1 is 1.12 bits per heavy atom. The van der Waals surface area contributed by atoms with Gasteiger partial charge in [-0.25, -0.2) is 4.79 Å². The summed E-state index contributed by atoms with van der Waals surface area (Å²) >= 11 is 6.42. The van der Waals surface area contributed by atoms with E-state index in [9.17, 15) is 4.79 Å². The molecule has 2 unspecified atom stereocenters. The molecule has 0 saturated carbocycles. The highest BCUT2D eigenvalue weighted by Gasteiger charge is 2.35. The summed E-state index contributed by atoms with van der Waals surface area (Å²) in [5.41, 5.74) is 8.62. The van der Waals surface area contributed by atoms with Crippen LogP contribution in [0.3, 0.4) is 0 Å². The van der Waals surface area contributed by atoms with Crippen LogP contribution in [0.2, 0.25) is 0 Å². The smallest absolute Gasteiger partial charge is 0.416 e. The number of nitrogens with zero attached hydrogens (tertiary/aromatic N) is 1. The first-order valence-electron chi connectivity index (χ1n) is 11.2. The van der Waals surface area contributed by atoms with Crippen molar-refractivity contribution in [3.05, 3.63) is 75.9 Å². The van der Waals surface area contributed by atoms with Crippen LogP contribution in [0.1, 0.15) is 29.3 Å². The Kier molecular flexibility index (Phi) is 6.22. The molecule has 2 atom stereocenters. The number of ether oxygens (including phenoxy) is 3. The van der Waals surface area contributed by atoms with E-state index in [4.69, 9.17) is 31.5 Å². The maximum absolute atomic E-state index is 13.4. The van der Waals surface area contributed by atoms with Crippen molar-refractivity contribution in [3.63, 3.8) is 0 Å². The van der Waals surface area contributed by atoms with E-state index >= 15 is 0 Å². The number of nitrogens with two attached hydrogens (primary N) is 1. The van der Waals surface area contributed by atoms with Gasteiger partial charge < -0.3 is 19.2 Å². The lowest BCUT2D eigenvalue weighted by Gasteiger charge is -2.35. The van der Waals surface area contributed by atoms with Gasteiger partial charge in [-0.2, -0.15) is 0 Å². The lowest BCUT2D eigenvalue weighted by molar-refractivity contribution is 0.135. The number of amides is 1. The van der Waals surface area contributed by atoms with Crippen molar-refractivity contribution >= 4 is 29.8 Å². The quantitative estimate of drug-likeness (QED) is 0.433. The minimum atomic E-state index is -0.418. The van der Waals surface area contributed by atoms with Crippen LogP contribution in [-0.2, 0) is 6.42 Å². The third-order valence-corrected chi connectivity index (χ3v) is 6.54. The number of carbonyl (C=O) groups excluding carboxylic acids is 1. The predicted octanol–water partition coefficient (Wildman–Crippen LogP) is 3.04. The molecule has 3 N–H and O–H groups in total. The van der Waals surface area contributed by atoms with Gasteiger partial charge in [0.05, 0.1) is 12.5 Å². The fourth-order valence-electron chi connectivity index (χ4n) is 4.64. The number of carbonyl (C=O) groups is 1. The van der Waals surface area contributed by atoms with Crippen LogP contribution >= 0.6 is 11.6 Å². The number of rotatable bonds is 5. The SMILES string of the molecule is COc1ccc(OC(=O)N2CCc3c([nH]c4c3=CC(Cl)CC=4)C2c2ccc(OCN)cc2)cc1. The molecule has 1 aromatic heterocycles. The highest BCUT2D eigenvalue weighted by Crippen LogP contribution is 2.34. The number of nitrogens with one attached hydrogen (secondary N) is 1. The van der Waals surface area contributed by atoms with Crippen molar-refractivity contribution in [2.75, 3.05) is 20.4 Å². The second-order valence-electron chi connectivity index (χ2n) is 8.24. The van der Waals surface area contributed by atoms with E-state index in [0.717, 1.165) is 28.2 Å². The summed E-state index contributed by atoms with van der Waals surface area (Å²) in [6.07, 6.45) is 5.29. The Bertz CT molecular complexity index is 1300. The fraction of sp³-hybridized carbons (Fsp3) is 0.269. The molecule has 176 valence electrons. The van der Waals surface area contributed by atoms with E-state index in [1.165, 1.54) is 5.56 Å². The van der Waals surface area contributed by atoms with E-state index in [1.54, 1.807) is 36.3 Å². The van der Waals surface area contributed by atoms with E-state index < -0.39 is 6.09 Å². The predicted molar refractivity (Wildman–Crippen MR) is 131 cm³/mol. The number of hydrogen-bond donors (Lipinski definition) is 2. The Morgan fingerprint density at radius 3 is 2.53 bits per heavy atom. The van der Waals surface area contributed by atoms with E-state index in [2.05, 4.69) is 17.1 Å². The van der Waals surface area contributed by atoms with Crippen molar-refractivity contribution in [2.24, 2.45) is 5.73 Å². The number of methoxy groups -OCH3 is 1. The molecule has 0 radical (unpaired) electrons. The molecule has 2 heterocycles. The number of alkyl halides is 1. The summed E-state index contributed by atoms with van der Waals surface area (Å²) in [7, 11) is 1.60. The second kappa shape index (κ2) is 9.44. The van der Waals surface area contributed by atoms with Crippen molar-refractivity contribution in [1.82, 2.24) is 9.88 Å². The van der Waals surface area contributed by atoms with Gasteiger partial charge in [0.15, 0.2) is 0 Å². The van der Waals surface area contributed by atoms with E-state index in [0.29, 0.717) is 30.2 Å². The molecule has 0 bridgehead atoms. The molecular formula is C26H26ClN3O4. The first kappa shape index (κ1) is 22.4. The number of halogens is 1. The molecule has 1 aliphatic heterocycles. The summed E-state index contributed by atoms with van der Waals surface area (Å²) in [5.74, 6) is 1.83. The molecular weight excluding hydrogens is 454 g/mol. The highest BCUT2D eigenvalue weighted by atomic mass is 35.5. The molecule has 0 fully saturated rings. The first-order chi connectivity index (χ1) is 16.6. The topological polar surface area (TPSA) is 89.8 Å². The summed E-state index contributed by atoms with van der Waals surface area (Å²) < 4.78 is 16.3. The van der Waals surface area contributed by atoms with Crippen LogP contribution in [0.5, 0.6) is 17.2 Å². The third-order valence-electron chi connectivity index (χ3n) is 6.24. The maximum atomic E-state index is 13.4. The molecule has 34 heavy (non-hydrogen) atoms. The van der Waals surface area contributed by atoms with Crippen LogP contribution in [0.25, 0.3) is 12.2 Å². The summed E-state index contributed by atoms with van der Waals surface area (Å²) in [5, 5.41) is 2.16.